The van der Waals surface area contributed by atoms with E-state index in [1.807, 2.05) is 0 Å². The lowest BCUT2D eigenvalue weighted by Gasteiger charge is -2.13. The van der Waals surface area contributed by atoms with Gasteiger partial charge in [0.25, 0.3) is 0 Å². The Morgan fingerprint density at radius 3 is 2.88 bits per heavy atom. The molecule has 0 aliphatic heterocycles. The monoisotopic (exact) mass is 242 g/mol. The number of hydrogen-bond donors (Lipinski definition) is 1. The van der Waals surface area contributed by atoms with Gasteiger partial charge in [0.2, 0.25) is 0 Å². The lowest BCUT2D eigenvalue weighted by Crippen LogP contribution is -2.23. The quantitative estimate of drug-likeness (QED) is 0.487. The van der Waals surface area contributed by atoms with Crippen LogP contribution in [0, 0.1) is 10.1 Å². The van der Waals surface area contributed by atoms with Crippen LogP contribution in [-0.2, 0) is 6.54 Å². The molecule has 1 aromatic rings. The number of aromatic nitrogens is 1. The molecular weight excluding hydrogens is 232 g/mol. The molecule has 16 heavy (non-hydrogen) atoms. The van der Waals surface area contributed by atoms with Gasteiger partial charge in [-0.1, -0.05) is 17.7 Å². The molecule has 7 heteroatoms. The first kappa shape index (κ1) is 12.3. The average Bonchev–Trinajstić information content (AvgIpc) is 2.22. The highest BCUT2D eigenvalue weighted by atomic mass is 35.5. The lowest BCUT2D eigenvalue weighted by molar-refractivity contribution is -0.446. The van der Waals surface area contributed by atoms with Crippen molar-refractivity contribution in [1.29, 1.82) is 0 Å². The van der Waals surface area contributed by atoms with Gasteiger partial charge in [0.15, 0.2) is 0 Å². The van der Waals surface area contributed by atoms with Crippen LogP contribution in [0.4, 0.5) is 0 Å². The highest BCUT2D eigenvalue weighted by Crippen LogP contribution is 2.10. The minimum absolute atomic E-state index is 0.157. The molecule has 0 saturated heterocycles. The van der Waals surface area contributed by atoms with Gasteiger partial charge in [-0.3, -0.25) is 4.90 Å². The predicted octanol–water partition coefficient (Wildman–Crippen LogP) is 1.20. The predicted molar refractivity (Wildman–Crippen MR) is 60.0 cm³/mol. The Morgan fingerprint density at radius 2 is 2.44 bits per heavy atom. The highest BCUT2D eigenvalue weighted by molar-refractivity contribution is 6.29. The second kappa shape index (κ2) is 5.32. The Bertz CT molecular complexity index is 404. The number of nitro groups is 1. The normalized spacial score (nSPS) is 11.2. The maximum absolute atomic E-state index is 10.6. The summed E-state index contributed by atoms with van der Waals surface area (Å²) in [6, 6.07) is 3.38. The van der Waals surface area contributed by atoms with Crippen molar-refractivity contribution in [3.8, 4) is 0 Å². The van der Waals surface area contributed by atoms with Crippen LogP contribution in [0.3, 0.4) is 0 Å². The Hall–Kier alpha value is -1.82. The minimum atomic E-state index is -0.538. The van der Waals surface area contributed by atoms with Crippen molar-refractivity contribution in [2.24, 2.45) is 5.73 Å². The molecule has 0 unspecified atom stereocenters. The first-order valence-corrected chi connectivity index (χ1v) is 4.80. The Balaban J connectivity index is 2.74. The molecule has 0 aliphatic rings. The summed E-state index contributed by atoms with van der Waals surface area (Å²) in [5.74, 6) is -0.157. The van der Waals surface area contributed by atoms with E-state index in [1.54, 1.807) is 25.4 Å². The second-order valence-corrected chi connectivity index (χ2v) is 3.51. The fourth-order valence-electron chi connectivity index (χ4n) is 1.18. The molecule has 0 fully saturated rings. The van der Waals surface area contributed by atoms with Crippen LogP contribution in [0.1, 0.15) is 5.56 Å². The summed E-state index contributed by atoms with van der Waals surface area (Å²) < 4.78 is 0. The first-order valence-electron chi connectivity index (χ1n) is 4.42. The molecule has 2 N–H and O–H groups in total. The van der Waals surface area contributed by atoms with Gasteiger partial charge in [-0.25, -0.2) is 4.98 Å². The van der Waals surface area contributed by atoms with Gasteiger partial charge in [0.05, 0.1) is 13.2 Å². The Morgan fingerprint density at radius 1 is 1.75 bits per heavy atom. The van der Waals surface area contributed by atoms with E-state index >= 15 is 0 Å². The highest BCUT2D eigenvalue weighted by Gasteiger charge is 2.15. The summed E-state index contributed by atoms with van der Waals surface area (Å²) in [6.07, 6.45) is 2.52. The molecule has 1 rings (SSSR count). The summed E-state index contributed by atoms with van der Waals surface area (Å²) in [5.41, 5.74) is 5.98. The maximum Gasteiger partial charge on any atom is 0.333 e. The number of nitrogens with two attached hydrogens (primary N) is 1. The van der Waals surface area contributed by atoms with E-state index in [1.165, 1.54) is 4.90 Å². The van der Waals surface area contributed by atoms with Crippen molar-refractivity contribution in [1.82, 2.24) is 9.88 Å². The van der Waals surface area contributed by atoms with Gasteiger partial charge in [0.1, 0.15) is 11.7 Å². The van der Waals surface area contributed by atoms with Gasteiger partial charge in [-0.2, -0.15) is 0 Å². The van der Waals surface area contributed by atoms with E-state index in [0.29, 0.717) is 11.7 Å². The van der Waals surface area contributed by atoms with Crippen molar-refractivity contribution in [2.45, 2.75) is 6.54 Å². The Labute approximate surface area is 97.5 Å². The van der Waals surface area contributed by atoms with Crippen LogP contribution in [0.25, 0.3) is 0 Å². The summed E-state index contributed by atoms with van der Waals surface area (Å²) in [5, 5.41) is 11.0. The fraction of sp³-hybridized carbons (Fsp3) is 0.222. The van der Waals surface area contributed by atoms with Crippen LogP contribution >= 0.6 is 11.6 Å². The van der Waals surface area contributed by atoms with Crippen molar-refractivity contribution in [3.63, 3.8) is 0 Å². The molecule has 1 aromatic heterocycles. The van der Waals surface area contributed by atoms with Crippen molar-refractivity contribution < 1.29 is 4.92 Å². The molecular formula is C9H11ClN4O2. The number of pyridine rings is 1. The van der Waals surface area contributed by atoms with Gasteiger partial charge >= 0.3 is 5.82 Å². The molecule has 0 atom stereocenters. The topological polar surface area (TPSA) is 85.3 Å². The molecule has 0 bridgehead atoms. The largest absolute Gasteiger partial charge is 0.398 e. The van der Waals surface area contributed by atoms with Crippen molar-refractivity contribution in [2.75, 3.05) is 7.05 Å². The van der Waals surface area contributed by atoms with Crippen LogP contribution in [0.15, 0.2) is 30.4 Å². The van der Waals surface area contributed by atoms with Gasteiger partial charge < -0.3 is 15.8 Å². The fourth-order valence-corrected chi connectivity index (χ4v) is 1.29. The molecule has 0 saturated carbocycles. The van der Waals surface area contributed by atoms with E-state index < -0.39 is 4.92 Å². The van der Waals surface area contributed by atoms with E-state index in [4.69, 9.17) is 17.3 Å². The van der Waals surface area contributed by atoms with Gasteiger partial charge in [0, 0.05) is 11.8 Å². The summed E-state index contributed by atoms with van der Waals surface area (Å²) in [7, 11) is 1.58. The minimum Gasteiger partial charge on any atom is -0.398 e. The summed E-state index contributed by atoms with van der Waals surface area (Å²) >= 11 is 5.62. The second-order valence-electron chi connectivity index (χ2n) is 3.13. The van der Waals surface area contributed by atoms with E-state index in [-0.39, 0.29) is 5.82 Å². The third kappa shape index (κ3) is 3.09. The first-order chi connectivity index (χ1) is 7.54. The van der Waals surface area contributed by atoms with Gasteiger partial charge in [-0.05, 0) is 11.0 Å². The SMILES string of the molecule is CN(Cc1ccc(Cl)nc1)C(=CN)[N+](=O)[O-]. The third-order valence-corrected chi connectivity index (χ3v) is 2.16. The van der Waals surface area contributed by atoms with Crippen LogP contribution in [0.2, 0.25) is 5.15 Å². The number of rotatable bonds is 4. The van der Waals surface area contributed by atoms with Crippen molar-refractivity contribution >= 4 is 11.6 Å². The Kier molecular flexibility index (Phi) is 4.07. The smallest absolute Gasteiger partial charge is 0.333 e. The molecule has 0 aliphatic carbocycles. The zero-order valence-corrected chi connectivity index (χ0v) is 9.39. The summed E-state index contributed by atoms with van der Waals surface area (Å²) in [4.78, 5) is 15.4. The molecule has 86 valence electrons. The summed E-state index contributed by atoms with van der Waals surface area (Å²) in [6.45, 7) is 0.341. The standard InChI is InChI=1S/C9H11ClN4O2/c1-13(9(4-11)14(15)16)6-7-2-3-8(10)12-5-7/h2-5H,6,11H2,1H3. The van der Waals surface area contributed by atoms with Gasteiger partial charge in [-0.15, -0.1) is 0 Å². The molecule has 0 amide bonds. The third-order valence-electron chi connectivity index (χ3n) is 1.94. The maximum atomic E-state index is 10.6. The molecule has 6 nitrogen and oxygen atoms in total. The number of hydrogen-bond acceptors (Lipinski definition) is 5. The van der Waals surface area contributed by atoms with Crippen LogP contribution in [0.5, 0.6) is 0 Å². The van der Waals surface area contributed by atoms with E-state index in [9.17, 15) is 10.1 Å². The molecule has 0 aromatic carbocycles. The number of nitrogens with zero attached hydrogens (tertiary/aromatic N) is 3. The lowest BCUT2D eigenvalue weighted by atomic mass is 10.3. The van der Waals surface area contributed by atoms with Crippen LogP contribution in [-0.4, -0.2) is 21.9 Å². The zero-order valence-electron chi connectivity index (χ0n) is 8.63. The molecule has 0 radical (unpaired) electrons. The zero-order chi connectivity index (χ0) is 12.1. The molecule has 0 spiro atoms. The van der Waals surface area contributed by atoms with E-state index in [2.05, 4.69) is 4.98 Å². The average molecular weight is 243 g/mol. The van der Waals surface area contributed by atoms with Crippen LogP contribution < -0.4 is 5.73 Å². The van der Waals surface area contributed by atoms with E-state index in [0.717, 1.165) is 11.8 Å². The van der Waals surface area contributed by atoms with Crippen molar-refractivity contribution in [3.05, 3.63) is 51.2 Å². The number of halogens is 1. The molecule has 1 heterocycles.